The number of hydrogen-bond acceptors (Lipinski definition) is 3. The highest BCUT2D eigenvalue weighted by atomic mass is 16.5. The molecule has 0 aliphatic carbocycles. The van der Waals surface area contributed by atoms with Gasteiger partial charge in [0.15, 0.2) is 0 Å². The highest BCUT2D eigenvalue weighted by molar-refractivity contribution is 5.53. The maximum atomic E-state index is 9.48. The van der Waals surface area contributed by atoms with Crippen LogP contribution in [0.3, 0.4) is 0 Å². The van der Waals surface area contributed by atoms with E-state index in [2.05, 4.69) is 0 Å². The molecule has 1 N–H and O–H groups in total. The first-order valence-electron chi connectivity index (χ1n) is 5.40. The summed E-state index contributed by atoms with van der Waals surface area (Å²) in [6, 6.07) is 1.98. The van der Waals surface area contributed by atoms with Gasteiger partial charge in [-0.25, -0.2) is 0 Å². The van der Waals surface area contributed by atoms with Gasteiger partial charge in [0.25, 0.3) is 0 Å². The van der Waals surface area contributed by atoms with Gasteiger partial charge in [-0.2, -0.15) is 0 Å². The minimum absolute atomic E-state index is 0.375. The third kappa shape index (κ3) is 2.47. The Bertz CT molecular complexity index is 370. The van der Waals surface area contributed by atoms with E-state index in [4.69, 9.17) is 9.47 Å². The molecule has 0 spiro atoms. The summed E-state index contributed by atoms with van der Waals surface area (Å²) in [5.41, 5.74) is 3.11. The van der Waals surface area contributed by atoms with Gasteiger partial charge in [0.1, 0.15) is 11.5 Å². The summed E-state index contributed by atoms with van der Waals surface area (Å²) in [5, 5.41) is 9.48. The molecule has 0 aliphatic heterocycles. The number of methoxy groups -OCH3 is 2. The lowest BCUT2D eigenvalue weighted by Crippen LogP contribution is -2.09. The smallest absolute Gasteiger partial charge is 0.129 e. The van der Waals surface area contributed by atoms with Crippen molar-refractivity contribution in [1.82, 2.24) is 0 Å². The number of aliphatic hydroxyl groups is 1. The third-order valence-electron chi connectivity index (χ3n) is 2.73. The molecule has 0 saturated heterocycles. The monoisotopic (exact) mass is 224 g/mol. The zero-order valence-electron chi connectivity index (χ0n) is 10.6. The van der Waals surface area contributed by atoms with Crippen LogP contribution in [0.25, 0.3) is 0 Å². The first kappa shape index (κ1) is 12.8. The van der Waals surface area contributed by atoms with Gasteiger partial charge in [-0.1, -0.05) is 0 Å². The van der Waals surface area contributed by atoms with Crippen LogP contribution >= 0.6 is 0 Å². The Labute approximate surface area is 97.0 Å². The molecule has 0 saturated carbocycles. The standard InChI is InChI=1S/C13H20O3/c1-8-6-12(15-4)10(3)13(16-5)11(8)7-9(2)14/h6,9,14H,7H2,1-5H3. The molecule has 3 heteroatoms. The molecule has 0 aliphatic rings. The first-order valence-corrected chi connectivity index (χ1v) is 5.40. The summed E-state index contributed by atoms with van der Waals surface area (Å²) in [5.74, 6) is 1.64. The van der Waals surface area contributed by atoms with Crippen molar-refractivity contribution in [2.75, 3.05) is 14.2 Å². The Hall–Kier alpha value is -1.22. The average Bonchev–Trinajstić information content (AvgIpc) is 2.23. The molecular weight excluding hydrogens is 204 g/mol. The molecular formula is C13H20O3. The summed E-state index contributed by atoms with van der Waals surface area (Å²) in [6.07, 6.45) is 0.222. The fraction of sp³-hybridized carbons (Fsp3) is 0.538. The Morgan fingerprint density at radius 1 is 1.25 bits per heavy atom. The number of hydrogen-bond donors (Lipinski definition) is 1. The summed E-state index contributed by atoms with van der Waals surface area (Å²) in [7, 11) is 3.29. The molecule has 0 heterocycles. The molecule has 3 nitrogen and oxygen atoms in total. The van der Waals surface area contributed by atoms with Crippen molar-refractivity contribution >= 4 is 0 Å². The van der Waals surface area contributed by atoms with E-state index >= 15 is 0 Å². The zero-order valence-corrected chi connectivity index (χ0v) is 10.6. The largest absolute Gasteiger partial charge is 0.496 e. The van der Waals surface area contributed by atoms with Crippen LogP contribution in [-0.2, 0) is 6.42 Å². The second-order valence-electron chi connectivity index (χ2n) is 4.09. The number of aliphatic hydroxyl groups excluding tert-OH is 1. The summed E-state index contributed by atoms with van der Waals surface area (Å²) in [6.45, 7) is 5.74. The number of rotatable bonds is 4. The summed E-state index contributed by atoms with van der Waals surface area (Å²) < 4.78 is 10.7. The van der Waals surface area contributed by atoms with Gasteiger partial charge in [-0.15, -0.1) is 0 Å². The summed E-state index contributed by atoms with van der Waals surface area (Å²) >= 11 is 0. The van der Waals surface area contributed by atoms with E-state index in [-0.39, 0.29) is 6.10 Å². The summed E-state index contributed by atoms with van der Waals surface area (Å²) in [4.78, 5) is 0. The molecule has 1 rings (SSSR count). The second kappa shape index (κ2) is 5.21. The SMILES string of the molecule is COc1cc(C)c(CC(C)O)c(OC)c1C. The molecule has 0 bridgehead atoms. The van der Waals surface area contributed by atoms with Crippen LogP contribution in [0.15, 0.2) is 6.07 Å². The maximum Gasteiger partial charge on any atom is 0.129 e. The lowest BCUT2D eigenvalue weighted by Gasteiger charge is -2.18. The van der Waals surface area contributed by atoms with Crippen LogP contribution in [0.1, 0.15) is 23.6 Å². The molecule has 1 aromatic carbocycles. The molecule has 0 fully saturated rings. The fourth-order valence-electron chi connectivity index (χ4n) is 1.95. The van der Waals surface area contributed by atoms with Gasteiger partial charge in [-0.05, 0) is 32.4 Å². The highest BCUT2D eigenvalue weighted by Gasteiger charge is 2.15. The molecule has 0 radical (unpaired) electrons. The van der Waals surface area contributed by atoms with E-state index in [0.717, 1.165) is 28.2 Å². The predicted molar refractivity (Wildman–Crippen MR) is 64.4 cm³/mol. The Morgan fingerprint density at radius 2 is 1.88 bits per heavy atom. The Morgan fingerprint density at radius 3 is 2.31 bits per heavy atom. The van der Waals surface area contributed by atoms with Crippen molar-refractivity contribution in [3.05, 3.63) is 22.8 Å². The van der Waals surface area contributed by atoms with Crippen molar-refractivity contribution in [1.29, 1.82) is 0 Å². The van der Waals surface area contributed by atoms with Gasteiger partial charge >= 0.3 is 0 Å². The molecule has 1 atom stereocenters. The predicted octanol–water partition coefficient (Wildman–Crippen LogP) is 2.24. The minimum Gasteiger partial charge on any atom is -0.496 e. The lowest BCUT2D eigenvalue weighted by molar-refractivity contribution is 0.194. The number of aryl methyl sites for hydroxylation is 1. The van der Waals surface area contributed by atoms with Crippen LogP contribution in [0, 0.1) is 13.8 Å². The lowest BCUT2D eigenvalue weighted by atomic mass is 9.98. The number of benzene rings is 1. The van der Waals surface area contributed by atoms with Crippen molar-refractivity contribution in [3.8, 4) is 11.5 Å². The van der Waals surface area contributed by atoms with E-state index in [0.29, 0.717) is 6.42 Å². The van der Waals surface area contributed by atoms with Gasteiger partial charge in [0, 0.05) is 17.5 Å². The molecule has 0 aromatic heterocycles. The Balaban J connectivity index is 3.31. The quantitative estimate of drug-likeness (QED) is 0.852. The van der Waals surface area contributed by atoms with Gasteiger partial charge in [-0.3, -0.25) is 0 Å². The molecule has 16 heavy (non-hydrogen) atoms. The van der Waals surface area contributed by atoms with Crippen LogP contribution in [0.4, 0.5) is 0 Å². The van der Waals surface area contributed by atoms with E-state index in [1.54, 1.807) is 21.1 Å². The fourth-order valence-corrected chi connectivity index (χ4v) is 1.95. The van der Waals surface area contributed by atoms with E-state index in [1.165, 1.54) is 0 Å². The second-order valence-corrected chi connectivity index (χ2v) is 4.09. The van der Waals surface area contributed by atoms with Gasteiger partial charge in [0.2, 0.25) is 0 Å². The minimum atomic E-state index is -0.375. The van der Waals surface area contributed by atoms with E-state index in [1.807, 2.05) is 19.9 Å². The Kier molecular flexibility index (Phi) is 4.19. The van der Waals surface area contributed by atoms with Gasteiger partial charge < -0.3 is 14.6 Å². The van der Waals surface area contributed by atoms with Crippen LogP contribution < -0.4 is 9.47 Å². The van der Waals surface area contributed by atoms with Crippen molar-refractivity contribution in [2.45, 2.75) is 33.3 Å². The van der Waals surface area contributed by atoms with Crippen molar-refractivity contribution < 1.29 is 14.6 Å². The third-order valence-corrected chi connectivity index (χ3v) is 2.73. The highest BCUT2D eigenvalue weighted by Crippen LogP contribution is 2.34. The normalized spacial score (nSPS) is 12.4. The topological polar surface area (TPSA) is 38.7 Å². The number of ether oxygens (including phenoxy) is 2. The molecule has 1 aromatic rings. The van der Waals surface area contributed by atoms with E-state index < -0.39 is 0 Å². The van der Waals surface area contributed by atoms with Crippen molar-refractivity contribution in [2.24, 2.45) is 0 Å². The molecule has 90 valence electrons. The van der Waals surface area contributed by atoms with Crippen LogP contribution in [-0.4, -0.2) is 25.4 Å². The first-order chi connectivity index (χ1) is 7.51. The van der Waals surface area contributed by atoms with Crippen LogP contribution in [0.2, 0.25) is 0 Å². The van der Waals surface area contributed by atoms with Gasteiger partial charge in [0.05, 0.1) is 20.3 Å². The molecule has 1 unspecified atom stereocenters. The molecule has 0 amide bonds. The average molecular weight is 224 g/mol. The zero-order chi connectivity index (χ0) is 12.3. The van der Waals surface area contributed by atoms with Crippen LogP contribution in [0.5, 0.6) is 11.5 Å². The van der Waals surface area contributed by atoms with Crippen molar-refractivity contribution in [3.63, 3.8) is 0 Å². The maximum absolute atomic E-state index is 9.48. The van der Waals surface area contributed by atoms with E-state index in [9.17, 15) is 5.11 Å².